The number of benzene rings is 1. The Labute approximate surface area is 182 Å². The van der Waals surface area contributed by atoms with Gasteiger partial charge in [-0.1, -0.05) is 13.0 Å². The molecule has 3 aromatic rings. The molecule has 1 aromatic carbocycles. The van der Waals surface area contributed by atoms with Gasteiger partial charge in [0.25, 0.3) is 0 Å². The summed E-state index contributed by atoms with van der Waals surface area (Å²) < 4.78 is 81.3. The second-order valence-corrected chi connectivity index (χ2v) is 8.31. The standard InChI is InChI=1S/C20H17BrF5N3O2/c1-8-12(9-4-5-10(22)13(23)15(9)30-3)16(31-19(8,2)20(24,25)26)18-28-11-6-7-27-17(21)14(11)29-18/h4-8,12,16H,1-3H3,(H,28,29)/t8?,12?,16-,19-/m1/s1. The van der Waals surface area contributed by atoms with Crippen LogP contribution in [-0.4, -0.2) is 33.8 Å². The van der Waals surface area contributed by atoms with Crippen molar-refractivity contribution >= 4 is 27.0 Å². The predicted octanol–water partition coefficient (Wildman–Crippen LogP) is 5.82. The van der Waals surface area contributed by atoms with Gasteiger partial charge in [0.1, 0.15) is 22.0 Å². The van der Waals surface area contributed by atoms with E-state index < -0.39 is 47.1 Å². The highest BCUT2D eigenvalue weighted by atomic mass is 79.9. The van der Waals surface area contributed by atoms with Crippen LogP contribution in [0.5, 0.6) is 5.75 Å². The number of aromatic nitrogens is 3. The van der Waals surface area contributed by atoms with Gasteiger partial charge in [0.15, 0.2) is 17.2 Å². The Balaban J connectivity index is 1.93. The first-order valence-corrected chi connectivity index (χ1v) is 10.1. The van der Waals surface area contributed by atoms with E-state index in [-0.39, 0.29) is 11.4 Å². The quantitative estimate of drug-likeness (QED) is 0.360. The number of alkyl halides is 3. The third-order valence-corrected chi connectivity index (χ3v) is 6.54. The van der Waals surface area contributed by atoms with Crippen LogP contribution >= 0.6 is 15.9 Å². The maximum Gasteiger partial charge on any atom is 0.417 e. The van der Waals surface area contributed by atoms with Crippen molar-refractivity contribution in [3.63, 3.8) is 0 Å². The van der Waals surface area contributed by atoms with Crippen LogP contribution in [0.2, 0.25) is 0 Å². The number of imidazole rings is 1. The zero-order valence-electron chi connectivity index (χ0n) is 16.5. The molecule has 0 amide bonds. The second kappa shape index (κ2) is 7.40. The van der Waals surface area contributed by atoms with Crippen LogP contribution in [0.15, 0.2) is 29.0 Å². The predicted molar refractivity (Wildman–Crippen MR) is 105 cm³/mol. The summed E-state index contributed by atoms with van der Waals surface area (Å²) in [6.45, 7) is 2.30. The van der Waals surface area contributed by atoms with Gasteiger partial charge in [-0.2, -0.15) is 17.6 Å². The van der Waals surface area contributed by atoms with E-state index in [0.29, 0.717) is 15.6 Å². The summed E-state index contributed by atoms with van der Waals surface area (Å²) in [5.41, 5.74) is -1.56. The number of fused-ring (bicyclic) bond motifs is 1. The number of ether oxygens (including phenoxy) is 2. The molecule has 0 radical (unpaired) electrons. The summed E-state index contributed by atoms with van der Waals surface area (Å²) in [6.07, 6.45) is -4.46. The lowest BCUT2D eigenvalue weighted by atomic mass is 9.77. The van der Waals surface area contributed by atoms with Crippen LogP contribution in [0, 0.1) is 17.6 Å². The Morgan fingerprint density at radius 3 is 2.55 bits per heavy atom. The Bertz CT molecular complexity index is 1150. The van der Waals surface area contributed by atoms with Crippen molar-refractivity contribution in [1.29, 1.82) is 0 Å². The molecule has 1 aliphatic rings. The maximum atomic E-state index is 14.4. The molecule has 5 nitrogen and oxygen atoms in total. The van der Waals surface area contributed by atoms with E-state index in [0.717, 1.165) is 20.1 Å². The summed E-state index contributed by atoms with van der Waals surface area (Å²) in [5, 5.41) is 0. The zero-order chi connectivity index (χ0) is 22.7. The highest BCUT2D eigenvalue weighted by Gasteiger charge is 2.65. The van der Waals surface area contributed by atoms with E-state index in [4.69, 9.17) is 9.47 Å². The minimum atomic E-state index is -4.72. The number of halogens is 6. The van der Waals surface area contributed by atoms with Crippen molar-refractivity contribution in [2.45, 2.75) is 37.6 Å². The molecule has 166 valence electrons. The van der Waals surface area contributed by atoms with Crippen molar-refractivity contribution in [3.05, 3.63) is 52.0 Å². The molecule has 0 saturated carbocycles. The van der Waals surface area contributed by atoms with Gasteiger partial charge in [-0.15, -0.1) is 0 Å². The van der Waals surface area contributed by atoms with Gasteiger partial charge in [0.2, 0.25) is 5.82 Å². The van der Waals surface area contributed by atoms with E-state index in [1.54, 1.807) is 6.07 Å². The molecule has 0 spiro atoms. The maximum absolute atomic E-state index is 14.4. The second-order valence-electron chi connectivity index (χ2n) is 7.56. The van der Waals surface area contributed by atoms with E-state index >= 15 is 0 Å². The van der Waals surface area contributed by atoms with E-state index in [1.807, 2.05) is 0 Å². The molecule has 0 aliphatic carbocycles. The molecule has 1 aliphatic heterocycles. The number of rotatable bonds is 3. The minimum absolute atomic E-state index is 0.0597. The normalized spacial score (nSPS) is 26.5. The molecule has 4 rings (SSSR count). The van der Waals surface area contributed by atoms with Crippen LogP contribution in [0.1, 0.15) is 37.3 Å². The topological polar surface area (TPSA) is 60.0 Å². The third kappa shape index (κ3) is 3.29. The summed E-state index contributed by atoms with van der Waals surface area (Å²) in [5.74, 6) is -5.00. The van der Waals surface area contributed by atoms with Gasteiger partial charge < -0.3 is 14.5 Å². The number of hydrogen-bond donors (Lipinski definition) is 1. The molecule has 0 bridgehead atoms. The average molecular weight is 506 g/mol. The summed E-state index contributed by atoms with van der Waals surface area (Å²) in [7, 11) is 1.13. The molecule has 2 aromatic heterocycles. The molecule has 1 saturated heterocycles. The monoisotopic (exact) mass is 505 g/mol. The van der Waals surface area contributed by atoms with Crippen LogP contribution in [0.4, 0.5) is 22.0 Å². The molecule has 31 heavy (non-hydrogen) atoms. The van der Waals surface area contributed by atoms with Crippen molar-refractivity contribution in [2.24, 2.45) is 5.92 Å². The Morgan fingerprint density at radius 2 is 1.94 bits per heavy atom. The highest BCUT2D eigenvalue weighted by molar-refractivity contribution is 9.10. The van der Waals surface area contributed by atoms with Gasteiger partial charge in [-0.05, 0) is 35.0 Å². The van der Waals surface area contributed by atoms with Crippen molar-refractivity contribution in [1.82, 2.24) is 15.0 Å². The van der Waals surface area contributed by atoms with Gasteiger partial charge in [0.05, 0.1) is 12.6 Å². The Morgan fingerprint density at radius 1 is 1.23 bits per heavy atom. The van der Waals surface area contributed by atoms with E-state index in [1.165, 1.54) is 19.2 Å². The fraction of sp³-hybridized carbons (Fsp3) is 0.400. The van der Waals surface area contributed by atoms with Crippen LogP contribution in [0.3, 0.4) is 0 Å². The lowest BCUT2D eigenvalue weighted by Crippen LogP contribution is -2.46. The number of aromatic amines is 1. The first kappa shape index (κ1) is 21.9. The molecule has 11 heteroatoms. The third-order valence-electron chi connectivity index (χ3n) is 5.96. The van der Waals surface area contributed by atoms with Gasteiger partial charge in [-0.25, -0.2) is 14.4 Å². The van der Waals surface area contributed by atoms with Gasteiger partial charge >= 0.3 is 6.18 Å². The van der Waals surface area contributed by atoms with Gasteiger partial charge in [0, 0.05) is 23.6 Å². The fourth-order valence-corrected chi connectivity index (χ4v) is 4.53. The Kier molecular flexibility index (Phi) is 5.24. The van der Waals surface area contributed by atoms with Crippen LogP contribution < -0.4 is 4.74 Å². The lowest BCUT2D eigenvalue weighted by molar-refractivity contribution is -0.275. The Hall–Kier alpha value is -2.27. The average Bonchev–Trinajstić information content (AvgIpc) is 3.25. The molecule has 2 unspecified atom stereocenters. The summed E-state index contributed by atoms with van der Waals surface area (Å²) >= 11 is 3.26. The molecule has 3 heterocycles. The first-order chi connectivity index (χ1) is 14.5. The van der Waals surface area contributed by atoms with Crippen LogP contribution in [-0.2, 0) is 4.74 Å². The molecule has 4 atom stereocenters. The smallest absolute Gasteiger partial charge is 0.417 e. The molecule has 1 N–H and O–H groups in total. The largest absolute Gasteiger partial charge is 0.493 e. The zero-order valence-corrected chi connectivity index (χ0v) is 18.1. The molecule has 1 fully saturated rings. The van der Waals surface area contributed by atoms with E-state index in [9.17, 15) is 22.0 Å². The number of H-pyrrole nitrogens is 1. The van der Waals surface area contributed by atoms with Crippen molar-refractivity contribution < 1.29 is 31.4 Å². The van der Waals surface area contributed by atoms with Crippen molar-refractivity contribution in [2.75, 3.05) is 7.11 Å². The SMILES string of the molecule is COc1c(C2C(C)[C@](C)(C(F)(F)F)O[C@H]2c2nc3c(Br)nccc3[nH]2)ccc(F)c1F. The number of pyridine rings is 1. The first-order valence-electron chi connectivity index (χ1n) is 9.26. The fourth-order valence-electron chi connectivity index (χ4n) is 4.11. The van der Waals surface area contributed by atoms with Gasteiger partial charge in [-0.3, -0.25) is 0 Å². The summed E-state index contributed by atoms with van der Waals surface area (Å²) in [6, 6.07) is 3.70. The lowest BCUT2D eigenvalue weighted by Gasteiger charge is -2.32. The summed E-state index contributed by atoms with van der Waals surface area (Å²) in [4.78, 5) is 11.4. The number of nitrogens with one attached hydrogen (secondary N) is 1. The van der Waals surface area contributed by atoms with E-state index in [2.05, 4.69) is 30.9 Å². The molecular weight excluding hydrogens is 489 g/mol. The number of hydrogen-bond acceptors (Lipinski definition) is 4. The highest BCUT2D eigenvalue weighted by Crippen LogP contribution is 2.59. The number of nitrogens with zero attached hydrogens (tertiary/aromatic N) is 2. The van der Waals surface area contributed by atoms with Crippen molar-refractivity contribution in [3.8, 4) is 5.75 Å². The minimum Gasteiger partial charge on any atom is -0.493 e. The van der Waals surface area contributed by atoms with Crippen LogP contribution in [0.25, 0.3) is 11.0 Å². The molecular formula is C20H17BrF5N3O2. The number of methoxy groups -OCH3 is 1.